The summed E-state index contributed by atoms with van der Waals surface area (Å²) >= 11 is 11.8. The monoisotopic (exact) mass is 334 g/mol. The van der Waals surface area contributed by atoms with Gasteiger partial charge in [-0.1, -0.05) is 35.3 Å². The molecule has 0 aliphatic carbocycles. The summed E-state index contributed by atoms with van der Waals surface area (Å²) in [6.45, 7) is 0. The molecule has 3 N–H and O–H groups in total. The zero-order valence-electron chi connectivity index (χ0n) is 11.3. The molecule has 0 unspecified atom stereocenters. The number of rotatable bonds is 4. The standard InChI is InChI=1S/C16H12Cl2N2O2/c17-12-6-4-10(14(18)9-12)5-7-15(21)20-13-3-1-2-11(8-13)16(19)22/h1-9H,(H2,19,22)(H,20,21)/b7-5+. The van der Waals surface area contributed by atoms with E-state index < -0.39 is 5.91 Å². The Balaban J connectivity index is 2.08. The molecule has 4 nitrogen and oxygen atoms in total. The summed E-state index contributed by atoms with van der Waals surface area (Å²) < 4.78 is 0. The van der Waals surface area contributed by atoms with Gasteiger partial charge >= 0.3 is 0 Å². The third kappa shape index (κ3) is 4.35. The van der Waals surface area contributed by atoms with Gasteiger partial charge in [0.1, 0.15) is 0 Å². The van der Waals surface area contributed by atoms with Gasteiger partial charge in [0.25, 0.3) is 0 Å². The second-order valence-corrected chi connectivity index (χ2v) is 5.28. The maximum Gasteiger partial charge on any atom is 0.248 e. The minimum atomic E-state index is -0.556. The predicted octanol–water partition coefficient (Wildman–Crippen LogP) is 3.74. The Morgan fingerprint density at radius 3 is 2.55 bits per heavy atom. The van der Waals surface area contributed by atoms with Crippen molar-refractivity contribution in [3.8, 4) is 0 Å². The van der Waals surface area contributed by atoms with E-state index in [1.54, 1.807) is 42.5 Å². The molecule has 0 aliphatic heterocycles. The Morgan fingerprint density at radius 1 is 1.09 bits per heavy atom. The average Bonchev–Trinajstić information content (AvgIpc) is 2.46. The van der Waals surface area contributed by atoms with Gasteiger partial charge in [0, 0.05) is 27.4 Å². The number of nitrogens with two attached hydrogens (primary N) is 1. The average molecular weight is 335 g/mol. The van der Waals surface area contributed by atoms with Crippen molar-refractivity contribution in [2.24, 2.45) is 5.73 Å². The fraction of sp³-hybridized carbons (Fsp3) is 0. The molecule has 2 rings (SSSR count). The molecule has 0 aromatic heterocycles. The van der Waals surface area contributed by atoms with Crippen LogP contribution in [0.25, 0.3) is 6.08 Å². The Kier molecular flexibility index (Phi) is 5.20. The highest BCUT2D eigenvalue weighted by Crippen LogP contribution is 2.22. The van der Waals surface area contributed by atoms with Crippen molar-refractivity contribution in [3.05, 3.63) is 69.7 Å². The summed E-state index contributed by atoms with van der Waals surface area (Å²) in [5.41, 5.74) is 6.66. The van der Waals surface area contributed by atoms with Crippen molar-refractivity contribution in [2.75, 3.05) is 5.32 Å². The van der Waals surface area contributed by atoms with Crippen molar-refractivity contribution < 1.29 is 9.59 Å². The van der Waals surface area contributed by atoms with Crippen LogP contribution in [0.1, 0.15) is 15.9 Å². The number of benzene rings is 2. The number of anilines is 1. The van der Waals surface area contributed by atoms with Gasteiger partial charge in [-0.25, -0.2) is 0 Å². The highest BCUT2D eigenvalue weighted by atomic mass is 35.5. The van der Waals surface area contributed by atoms with Gasteiger partial charge in [0.15, 0.2) is 0 Å². The van der Waals surface area contributed by atoms with Crippen LogP contribution in [0, 0.1) is 0 Å². The molecule has 2 amide bonds. The zero-order chi connectivity index (χ0) is 16.1. The number of amides is 2. The van der Waals surface area contributed by atoms with Crippen LogP contribution in [0.2, 0.25) is 10.0 Å². The molecule has 0 saturated carbocycles. The molecule has 22 heavy (non-hydrogen) atoms. The highest BCUT2D eigenvalue weighted by molar-refractivity contribution is 6.35. The van der Waals surface area contributed by atoms with Gasteiger partial charge in [0.2, 0.25) is 11.8 Å². The summed E-state index contributed by atoms with van der Waals surface area (Å²) in [4.78, 5) is 22.9. The largest absolute Gasteiger partial charge is 0.366 e. The summed E-state index contributed by atoms with van der Waals surface area (Å²) in [5, 5.41) is 3.61. The predicted molar refractivity (Wildman–Crippen MR) is 89.1 cm³/mol. The second-order valence-electron chi connectivity index (χ2n) is 4.43. The lowest BCUT2D eigenvalue weighted by molar-refractivity contribution is -0.111. The van der Waals surface area contributed by atoms with E-state index in [0.29, 0.717) is 26.9 Å². The number of hydrogen-bond acceptors (Lipinski definition) is 2. The lowest BCUT2D eigenvalue weighted by Crippen LogP contribution is -2.12. The minimum absolute atomic E-state index is 0.322. The summed E-state index contributed by atoms with van der Waals surface area (Å²) in [5.74, 6) is -0.910. The van der Waals surface area contributed by atoms with Crippen molar-refractivity contribution in [2.45, 2.75) is 0 Å². The van der Waals surface area contributed by atoms with Crippen LogP contribution in [0.15, 0.2) is 48.5 Å². The number of nitrogens with one attached hydrogen (secondary N) is 1. The molecule has 112 valence electrons. The lowest BCUT2D eigenvalue weighted by Gasteiger charge is -2.04. The van der Waals surface area contributed by atoms with E-state index in [1.807, 2.05) is 0 Å². The van der Waals surface area contributed by atoms with Crippen LogP contribution in [-0.4, -0.2) is 11.8 Å². The zero-order valence-corrected chi connectivity index (χ0v) is 12.9. The summed E-state index contributed by atoms with van der Waals surface area (Å²) in [6.07, 6.45) is 2.91. The normalized spacial score (nSPS) is 10.6. The molecule has 0 heterocycles. The fourth-order valence-electron chi connectivity index (χ4n) is 1.74. The van der Waals surface area contributed by atoms with Crippen molar-refractivity contribution >= 4 is 46.8 Å². The van der Waals surface area contributed by atoms with Crippen LogP contribution >= 0.6 is 23.2 Å². The maximum absolute atomic E-state index is 11.9. The number of primary amides is 1. The molecule has 0 aliphatic rings. The topological polar surface area (TPSA) is 72.2 Å². The molecule has 2 aromatic rings. The maximum atomic E-state index is 11.9. The van der Waals surface area contributed by atoms with E-state index in [9.17, 15) is 9.59 Å². The van der Waals surface area contributed by atoms with E-state index >= 15 is 0 Å². The van der Waals surface area contributed by atoms with E-state index in [1.165, 1.54) is 12.1 Å². The van der Waals surface area contributed by atoms with E-state index in [2.05, 4.69) is 5.32 Å². The van der Waals surface area contributed by atoms with Crippen molar-refractivity contribution in [3.63, 3.8) is 0 Å². The SMILES string of the molecule is NC(=O)c1cccc(NC(=O)/C=C/c2ccc(Cl)cc2Cl)c1. The van der Waals surface area contributed by atoms with Crippen LogP contribution < -0.4 is 11.1 Å². The molecule has 0 fully saturated rings. The molecule has 0 saturated heterocycles. The first kappa shape index (κ1) is 16.1. The van der Waals surface area contributed by atoms with Crippen LogP contribution in [0.3, 0.4) is 0 Å². The van der Waals surface area contributed by atoms with E-state index in [-0.39, 0.29) is 5.91 Å². The summed E-state index contributed by atoms with van der Waals surface area (Å²) in [7, 11) is 0. The van der Waals surface area contributed by atoms with Gasteiger partial charge in [-0.3, -0.25) is 9.59 Å². The molecule has 0 bridgehead atoms. The Bertz CT molecular complexity index is 758. The Hall–Kier alpha value is -2.30. The first-order valence-electron chi connectivity index (χ1n) is 6.29. The Morgan fingerprint density at radius 2 is 1.86 bits per heavy atom. The van der Waals surface area contributed by atoms with Gasteiger partial charge in [-0.05, 0) is 42.0 Å². The highest BCUT2D eigenvalue weighted by Gasteiger charge is 2.03. The van der Waals surface area contributed by atoms with Crippen LogP contribution in [0.4, 0.5) is 5.69 Å². The third-order valence-corrected chi connectivity index (χ3v) is 3.35. The molecule has 0 atom stereocenters. The number of carbonyl (C=O) groups is 2. The van der Waals surface area contributed by atoms with Gasteiger partial charge < -0.3 is 11.1 Å². The lowest BCUT2D eigenvalue weighted by atomic mass is 10.2. The molecular weight excluding hydrogens is 323 g/mol. The third-order valence-electron chi connectivity index (χ3n) is 2.79. The van der Waals surface area contributed by atoms with Crippen molar-refractivity contribution in [1.29, 1.82) is 0 Å². The van der Waals surface area contributed by atoms with Gasteiger partial charge in [-0.2, -0.15) is 0 Å². The summed E-state index contributed by atoms with van der Waals surface area (Å²) in [6, 6.07) is 11.4. The van der Waals surface area contributed by atoms with E-state index in [4.69, 9.17) is 28.9 Å². The number of hydrogen-bond donors (Lipinski definition) is 2. The van der Waals surface area contributed by atoms with Crippen LogP contribution in [-0.2, 0) is 4.79 Å². The second kappa shape index (κ2) is 7.11. The molecule has 0 radical (unpaired) electrons. The van der Waals surface area contributed by atoms with Gasteiger partial charge in [0.05, 0.1) is 0 Å². The smallest absolute Gasteiger partial charge is 0.248 e. The number of carbonyl (C=O) groups excluding carboxylic acids is 2. The quantitative estimate of drug-likeness (QED) is 0.836. The molecule has 2 aromatic carbocycles. The fourth-order valence-corrected chi connectivity index (χ4v) is 2.21. The first-order valence-corrected chi connectivity index (χ1v) is 7.05. The van der Waals surface area contributed by atoms with Gasteiger partial charge in [-0.15, -0.1) is 0 Å². The van der Waals surface area contributed by atoms with Crippen molar-refractivity contribution in [1.82, 2.24) is 0 Å². The minimum Gasteiger partial charge on any atom is -0.366 e. The molecular formula is C16H12Cl2N2O2. The Labute approximate surface area is 137 Å². The van der Waals surface area contributed by atoms with E-state index in [0.717, 1.165) is 0 Å². The first-order chi connectivity index (χ1) is 10.5. The van der Waals surface area contributed by atoms with Crippen LogP contribution in [0.5, 0.6) is 0 Å². The molecule has 6 heteroatoms. The number of halogens is 2. The molecule has 0 spiro atoms.